The first-order valence-corrected chi connectivity index (χ1v) is 11.1. The van der Waals surface area contributed by atoms with E-state index in [0.29, 0.717) is 23.1 Å². The fourth-order valence-corrected chi connectivity index (χ4v) is 5.62. The van der Waals surface area contributed by atoms with Gasteiger partial charge in [0.05, 0.1) is 23.1 Å². The van der Waals surface area contributed by atoms with E-state index in [1.807, 2.05) is 19.9 Å². The molecule has 0 spiro atoms. The number of ether oxygens (including phenoxy) is 1. The van der Waals surface area contributed by atoms with Crippen molar-refractivity contribution in [3.05, 3.63) is 64.7 Å². The molecule has 1 saturated heterocycles. The average molecular weight is 431 g/mol. The summed E-state index contributed by atoms with van der Waals surface area (Å²) in [7, 11) is 0. The Morgan fingerprint density at radius 2 is 1.47 bits per heavy atom. The van der Waals surface area contributed by atoms with Crippen LogP contribution in [0.25, 0.3) is 0 Å². The Morgan fingerprint density at radius 1 is 0.875 bits per heavy atom. The third-order valence-electron chi connectivity index (χ3n) is 7.45. The molecule has 2 aromatic carbocycles. The quantitative estimate of drug-likeness (QED) is 0.408. The van der Waals surface area contributed by atoms with Gasteiger partial charge in [-0.05, 0) is 86.4 Å². The normalized spacial score (nSPS) is 25.9. The number of ketones is 1. The fourth-order valence-electron chi connectivity index (χ4n) is 5.62. The van der Waals surface area contributed by atoms with Gasteiger partial charge in [0.1, 0.15) is 0 Å². The molecule has 6 heteroatoms. The van der Waals surface area contributed by atoms with Crippen molar-refractivity contribution in [3.8, 4) is 0 Å². The van der Waals surface area contributed by atoms with Crippen molar-refractivity contribution >= 4 is 29.3 Å². The minimum atomic E-state index is -0.622. The van der Waals surface area contributed by atoms with Crippen molar-refractivity contribution in [1.82, 2.24) is 0 Å². The summed E-state index contributed by atoms with van der Waals surface area (Å²) in [5, 5.41) is 0. The van der Waals surface area contributed by atoms with Crippen LogP contribution in [0.15, 0.2) is 42.5 Å². The number of carbonyl (C=O) groups excluding carboxylic acids is 4. The number of amides is 2. The maximum absolute atomic E-state index is 12.9. The summed E-state index contributed by atoms with van der Waals surface area (Å²) < 4.78 is 5.18. The lowest BCUT2D eigenvalue weighted by Gasteiger charge is -2.19. The zero-order valence-electron chi connectivity index (χ0n) is 18.2. The zero-order chi connectivity index (χ0) is 22.6. The lowest BCUT2D eigenvalue weighted by Crippen LogP contribution is -2.32. The summed E-state index contributed by atoms with van der Waals surface area (Å²) in [6.07, 6.45) is 3.06. The number of fused-ring (bicyclic) bond motifs is 5. The van der Waals surface area contributed by atoms with Gasteiger partial charge < -0.3 is 4.74 Å². The number of esters is 1. The number of imide groups is 1. The lowest BCUT2D eigenvalue weighted by atomic mass is 9.81. The molecule has 2 aliphatic carbocycles. The Balaban J connectivity index is 1.24. The predicted octanol–water partition coefficient (Wildman–Crippen LogP) is 3.88. The maximum atomic E-state index is 12.9. The van der Waals surface area contributed by atoms with E-state index in [-0.39, 0.29) is 41.6 Å². The molecule has 2 amide bonds. The molecule has 4 atom stereocenters. The van der Waals surface area contributed by atoms with E-state index in [4.69, 9.17) is 4.74 Å². The van der Waals surface area contributed by atoms with E-state index >= 15 is 0 Å². The van der Waals surface area contributed by atoms with Crippen LogP contribution < -0.4 is 4.90 Å². The molecule has 32 heavy (non-hydrogen) atoms. The molecule has 2 saturated carbocycles. The molecule has 3 aliphatic rings. The largest absolute Gasteiger partial charge is 0.454 e. The number of nitrogens with zero attached hydrogens (tertiary/aromatic N) is 1. The number of hydrogen-bond donors (Lipinski definition) is 0. The monoisotopic (exact) mass is 431 g/mol. The Labute approximate surface area is 186 Å². The molecule has 1 heterocycles. The van der Waals surface area contributed by atoms with Crippen molar-refractivity contribution in [2.75, 3.05) is 11.5 Å². The van der Waals surface area contributed by atoms with Gasteiger partial charge in [-0.15, -0.1) is 0 Å². The highest BCUT2D eigenvalue weighted by Crippen LogP contribution is 2.56. The number of hydrogen-bond acceptors (Lipinski definition) is 5. The molecule has 0 radical (unpaired) electrons. The van der Waals surface area contributed by atoms with E-state index in [2.05, 4.69) is 0 Å². The fraction of sp³-hybridized carbons (Fsp3) is 0.385. The molecular weight excluding hydrogens is 406 g/mol. The Bertz CT molecular complexity index is 1110. The number of aryl methyl sites for hydroxylation is 2. The SMILES string of the molecule is Cc1ccc(C(=O)COC(=O)c2ccc(N3C(=O)[C@H]4[C@@H]5CC[C@@H](C5)[C@@H]4C3=O)cc2)cc1C. The third-order valence-corrected chi connectivity index (χ3v) is 7.45. The van der Waals surface area contributed by atoms with Gasteiger partial charge in [0.15, 0.2) is 12.4 Å². The summed E-state index contributed by atoms with van der Waals surface area (Å²) in [5.74, 6) is -0.811. The minimum absolute atomic E-state index is 0.110. The number of rotatable bonds is 5. The van der Waals surface area contributed by atoms with E-state index in [0.717, 1.165) is 30.4 Å². The molecule has 5 rings (SSSR count). The second kappa shape index (κ2) is 7.69. The molecule has 6 nitrogen and oxygen atoms in total. The second-order valence-electron chi connectivity index (χ2n) is 9.24. The van der Waals surface area contributed by atoms with E-state index in [9.17, 15) is 19.2 Å². The van der Waals surface area contributed by atoms with E-state index < -0.39 is 5.97 Å². The Morgan fingerprint density at radius 3 is 2.06 bits per heavy atom. The van der Waals surface area contributed by atoms with Gasteiger partial charge in [-0.1, -0.05) is 12.1 Å². The van der Waals surface area contributed by atoms with Crippen LogP contribution in [0, 0.1) is 37.5 Å². The van der Waals surface area contributed by atoms with Gasteiger partial charge in [0.2, 0.25) is 11.8 Å². The number of benzene rings is 2. The Kier molecular flexibility index (Phi) is 4.96. The van der Waals surface area contributed by atoms with Crippen LogP contribution in [-0.2, 0) is 14.3 Å². The topological polar surface area (TPSA) is 80.8 Å². The second-order valence-corrected chi connectivity index (χ2v) is 9.24. The van der Waals surface area contributed by atoms with Crippen molar-refractivity contribution in [2.24, 2.45) is 23.7 Å². The first-order valence-electron chi connectivity index (χ1n) is 11.1. The van der Waals surface area contributed by atoms with E-state index in [1.165, 1.54) is 17.0 Å². The van der Waals surface area contributed by atoms with Gasteiger partial charge in [-0.2, -0.15) is 0 Å². The standard InChI is InChI=1S/C26H25NO5/c1-14-3-4-17(11-15(14)2)21(28)13-32-26(31)16-7-9-20(10-8-16)27-24(29)22-18-5-6-19(12-18)23(22)25(27)30/h3-4,7-11,18-19,22-23H,5-6,12-13H2,1-2H3/t18-,19+,22-,23-/m0/s1. The molecule has 0 N–H and O–H groups in total. The maximum Gasteiger partial charge on any atom is 0.338 e. The van der Waals surface area contributed by atoms with Gasteiger partial charge in [-0.3, -0.25) is 19.3 Å². The molecule has 2 bridgehead atoms. The van der Waals surface area contributed by atoms with Crippen LogP contribution in [0.3, 0.4) is 0 Å². The minimum Gasteiger partial charge on any atom is -0.454 e. The van der Waals surface area contributed by atoms with Crippen LogP contribution in [0.4, 0.5) is 5.69 Å². The molecule has 2 aromatic rings. The van der Waals surface area contributed by atoms with Crippen molar-refractivity contribution in [2.45, 2.75) is 33.1 Å². The summed E-state index contributed by atoms with van der Waals surface area (Å²) >= 11 is 0. The summed E-state index contributed by atoms with van der Waals surface area (Å²) in [4.78, 5) is 51.9. The lowest BCUT2D eigenvalue weighted by molar-refractivity contribution is -0.123. The van der Waals surface area contributed by atoms with Crippen LogP contribution in [0.1, 0.15) is 51.1 Å². The molecule has 0 aromatic heterocycles. The summed E-state index contributed by atoms with van der Waals surface area (Å²) in [6, 6.07) is 11.6. The first kappa shape index (κ1) is 20.6. The van der Waals surface area contributed by atoms with Gasteiger partial charge in [0.25, 0.3) is 0 Å². The number of Topliss-reactive ketones (excluding diaryl/α,β-unsaturated/α-hetero) is 1. The number of anilines is 1. The van der Waals surface area contributed by atoms with Gasteiger partial charge in [0, 0.05) is 5.56 Å². The van der Waals surface area contributed by atoms with Crippen molar-refractivity contribution in [1.29, 1.82) is 0 Å². The molecular formula is C26H25NO5. The van der Waals surface area contributed by atoms with Crippen LogP contribution in [-0.4, -0.2) is 30.2 Å². The van der Waals surface area contributed by atoms with E-state index in [1.54, 1.807) is 24.3 Å². The summed E-state index contributed by atoms with van der Waals surface area (Å²) in [5.41, 5.74) is 3.34. The average Bonchev–Trinajstić information content (AvgIpc) is 3.47. The molecule has 164 valence electrons. The molecule has 3 fully saturated rings. The van der Waals surface area contributed by atoms with Crippen LogP contribution >= 0.6 is 0 Å². The number of carbonyl (C=O) groups is 4. The molecule has 1 aliphatic heterocycles. The predicted molar refractivity (Wildman–Crippen MR) is 117 cm³/mol. The highest BCUT2D eigenvalue weighted by molar-refractivity contribution is 6.22. The smallest absolute Gasteiger partial charge is 0.338 e. The van der Waals surface area contributed by atoms with Crippen LogP contribution in [0.5, 0.6) is 0 Å². The van der Waals surface area contributed by atoms with Crippen molar-refractivity contribution in [3.63, 3.8) is 0 Å². The molecule has 0 unspecified atom stereocenters. The first-order chi connectivity index (χ1) is 15.3. The van der Waals surface area contributed by atoms with Crippen molar-refractivity contribution < 1.29 is 23.9 Å². The highest BCUT2D eigenvalue weighted by atomic mass is 16.5. The van der Waals surface area contributed by atoms with Gasteiger partial charge in [-0.25, -0.2) is 4.79 Å². The Hall–Kier alpha value is -3.28. The van der Waals surface area contributed by atoms with Gasteiger partial charge >= 0.3 is 5.97 Å². The highest BCUT2D eigenvalue weighted by Gasteiger charge is 2.61. The zero-order valence-corrected chi connectivity index (χ0v) is 18.2. The third kappa shape index (κ3) is 3.25. The summed E-state index contributed by atoms with van der Waals surface area (Å²) in [6.45, 7) is 3.54. The van der Waals surface area contributed by atoms with Crippen LogP contribution in [0.2, 0.25) is 0 Å².